The van der Waals surface area contributed by atoms with Crippen LogP contribution in [0.3, 0.4) is 0 Å². The van der Waals surface area contributed by atoms with Gasteiger partial charge in [-0.2, -0.15) is 0 Å². The van der Waals surface area contributed by atoms with Crippen LogP contribution < -0.4 is 5.32 Å². The lowest BCUT2D eigenvalue weighted by atomic mass is 10.3. The second-order valence-corrected chi connectivity index (χ2v) is 6.37. The zero-order chi connectivity index (χ0) is 17.4. The molecule has 0 atom stereocenters. The number of thiazole rings is 1. The number of carboxylic acids is 1. The van der Waals surface area contributed by atoms with Gasteiger partial charge in [0.2, 0.25) is 5.91 Å². The minimum absolute atomic E-state index is 0.00477. The molecule has 2 rings (SSSR count). The van der Waals surface area contributed by atoms with E-state index in [1.807, 2.05) is 47.5 Å². The van der Waals surface area contributed by atoms with E-state index in [1.165, 1.54) is 11.3 Å². The molecule has 1 heterocycles. The number of carbonyl (C=O) groups excluding carboxylic acids is 1. The van der Waals surface area contributed by atoms with E-state index in [4.69, 9.17) is 5.11 Å². The van der Waals surface area contributed by atoms with Crippen LogP contribution in [0.4, 0.5) is 5.69 Å². The SMILES string of the molecule is CCCN(CC(=O)O)Cc1csc(CC(=O)Nc2ccccc2)n1. The fourth-order valence-corrected chi connectivity index (χ4v) is 3.10. The van der Waals surface area contributed by atoms with Crippen molar-refractivity contribution in [1.29, 1.82) is 0 Å². The predicted molar refractivity (Wildman–Crippen MR) is 94.1 cm³/mol. The molecule has 0 saturated heterocycles. The number of hydrogen-bond donors (Lipinski definition) is 2. The monoisotopic (exact) mass is 347 g/mol. The van der Waals surface area contributed by atoms with E-state index in [9.17, 15) is 9.59 Å². The van der Waals surface area contributed by atoms with E-state index in [2.05, 4.69) is 10.3 Å². The molecule has 0 aliphatic rings. The Labute approximate surface area is 145 Å². The highest BCUT2D eigenvalue weighted by Gasteiger charge is 2.13. The number of nitrogens with zero attached hydrogens (tertiary/aromatic N) is 2. The van der Waals surface area contributed by atoms with E-state index in [-0.39, 0.29) is 18.9 Å². The Morgan fingerprint density at radius 3 is 2.71 bits per heavy atom. The highest BCUT2D eigenvalue weighted by atomic mass is 32.1. The van der Waals surface area contributed by atoms with Crippen LogP contribution >= 0.6 is 11.3 Å². The third-order valence-electron chi connectivity index (χ3n) is 3.25. The number of aliphatic carboxylic acids is 1. The molecule has 24 heavy (non-hydrogen) atoms. The van der Waals surface area contributed by atoms with Crippen LogP contribution in [0.5, 0.6) is 0 Å². The van der Waals surface area contributed by atoms with Crippen LogP contribution in [-0.4, -0.2) is 40.0 Å². The maximum atomic E-state index is 12.0. The zero-order valence-electron chi connectivity index (χ0n) is 13.6. The van der Waals surface area contributed by atoms with Gasteiger partial charge in [-0.05, 0) is 25.1 Å². The molecule has 1 amide bonds. The first-order chi connectivity index (χ1) is 11.6. The van der Waals surface area contributed by atoms with Crippen molar-refractivity contribution in [3.05, 3.63) is 46.4 Å². The summed E-state index contributed by atoms with van der Waals surface area (Å²) in [6.45, 7) is 3.19. The van der Waals surface area contributed by atoms with Gasteiger partial charge in [-0.1, -0.05) is 25.1 Å². The molecule has 0 spiro atoms. The summed E-state index contributed by atoms with van der Waals surface area (Å²) in [6, 6.07) is 9.28. The molecule has 0 aliphatic carbocycles. The number of hydrogen-bond acceptors (Lipinski definition) is 5. The second kappa shape index (κ2) is 9.14. The molecular formula is C17H21N3O3S. The Kier molecular flexibility index (Phi) is 6.89. The highest BCUT2D eigenvalue weighted by Crippen LogP contribution is 2.14. The number of carbonyl (C=O) groups is 2. The Hall–Kier alpha value is -2.25. The summed E-state index contributed by atoms with van der Waals surface area (Å²) in [5.41, 5.74) is 1.56. The highest BCUT2D eigenvalue weighted by molar-refractivity contribution is 7.09. The van der Waals surface area contributed by atoms with Crippen molar-refractivity contribution in [3.63, 3.8) is 0 Å². The molecule has 1 aromatic carbocycles. The van der Waals surface area contributed by atoms with Gasteiger partial charge < -0.3 is 10.4 Å². The van der Waals surface area contributed by atoms with Gasteiger partial charge in [0, 0.05) is 17.6 Å². The number of aromatic nitrogens is 1. The van der Waals surface area contributed by atoms with Crippen molar-refractivity contribution < 1.29 is 14.7 Å². The van der Waals surface area contributed by atoms with Gasteiger partial charge in [0.15, 0.2) is 0 Å². The van der Waals surface area contributed by atoms with Crippen molar-refractivity contribution in [2.75, 3.05) is 18.4 Å². The third kappa shape index (κ3) is 6.10. The number of para-hydroxylation sites is 1. The molecular weight excluding hydrogens is 326 g/mol. The van der Waals surface area contributed by atoms with Gasteiger partial charge >= 0.3 is 5.97 Å². The summed E-state index contributed by atoms with van der Waals surface area (Å²) in [6.07, 6.45) is 1.09. The van der Waals surface area contributed by atoms with Crippen LogP contribution in [0.15, 0.2) is 35.7 Å². The molecule has 6 nitrogen and oxygen atoms in total. The first-order valence-electron chi connectivity index (χ1n) is 7.79. The lowest BCUT2D eigenvalue weighted by molar-refractivity contribution is -0.138. The van der Waals surface area contributed by atoms with Crippen molar-refractivity contribution in [1.82, 2.24) is 9.88 Å². The van der Waals surface area contributed by atoms with E-state index in [0.717, 1.165) is 22.8 Å². The Bertz CT molecular complexity index is 673. The smallest absolute Gasteiger partial charge is 0.317 e. The molecule has 0 bridgehead atoms. The molecule has 0 radical (unpaired) electrons. The molecule has 0 aliphatic heterocycles. The summed E-state index contributed by atoms with van der Waals surface area (Å²) in [7, 11) is 0. The van der Waals surface area contributed by atoms with Crippen molar-refractivity contribution >= 4 is 28.9 Å². The number of amides is 1. The van der Waals surface area contributed by atoms with Gasteiger partial charge in [0.05, 0.1) is 18.7 Å². The fraction of sp³-hybridized carbons (Fsp3) is 0.353. The molecule has 0 saturated carbocycles. The van der Waals surface area contributed by atoms with E-state index >= 15 is 0 Å². The first-order valence-corrected chi connectivity index (χ1v) is 8.67. The maximum Gasteiger partial charge on any atom is 0.317 e. The minimum Gasteiger partial charge on any atom is -0.480 e. The number of benzene rings is 1. The Morgan fingerprint density at radius 2 is 2.04 bits per heavy atom. The van der Waals surface area contributed by atoms with E-state index in [0.29, 0.717) is 13.1 Å². The normalized spacial score (nSPS) is 10.8. The number of nitrogens with one attached hydrogen (secondary N) is 1. The van der Waals surface area contributed by atoms with Gasteiger partial charge in [0.25, 0.3) is 0 Å². The summed E-state index contributed by atoms with van der Waals surface area (Å²) < 4.78 is 0. The average Bonchev–Trinajstić information content (AvgIpc) is 2.94. The zero-order valence-corrected chi connectivity index (χ0v) is 14.4. The molecule has 128 valence electrons. The fourth-order valence-electron chi connectivity index (χ4n) is 2.32. The average molecular weight is 347 g/mol. The number of anilines is 1. The summed E-state index contributed by atoms with van der Waals surface area (Å²) in [5, 5.41) is 14.4. The quantitative estimate of drug-likeness (QED) is 0.729. The van der Waals surface area contributed by atoms with Crippen molar-refractivity contribution in [3.8, 4) is 0 Å². The predicted octanol–water partition coefficient (Wildman–Crippen LogP) is 2.62. The standard InChI is InChI=1S/C17H21N3O3S/c1-2-8-20(11-17(22)23)10-14-12-24-16(19-14)9-15(21)18-13-6-4-3-5-7-13/h3-7,12H,2,8-11H2,1H3,(H,18,21)(H,22,23). The second-order valence-electron chi connectivity index (χ2n) is 5.43. The molecule has 1 aromatic heterocycles. The molecule has 7 heteroatoms. The van der Waals surface area contributed by atoms with E-state index in [1.54, 1.807) is 0 Å². The Balaban J connectivity index is 1.89. The van der Waals surface area contributed by atoms with Crippen molar-refractivity contribution in [2.45, 2.75) is 26.3 Å². The van der Waals surface area contributed by atoms with Crippen LogP contribution in [0, 0.1) is 0 Å². The number of rotatable bonds is 9. The largest absolute Gasteiger partial charge is 0.480 e. The number of carboxylic acid groups (broad SMARTS) is 1. The van der Waals surface area contributed by atoms with Gasteiger partial charge in [0.1, 0.15) is 5.01 Å². The maximum absolute atomic E-state index is 12.0. The summed E-state index contributed by atoms with van der Waals surface area (Å²) in [4.78, 5) is 29.2. The lowest BCUT2D eigenvalue weighted by Crippen LogP contribution is -2.30. The molecule has 0 unspecified atom stereocenters. The minimum atomic E-state index is -0.846. The van der Waals surface area contributed by atoms with Crippen molar-refractivity contribution in [2.24, 2.45) is 0 Å². The van der Waals surface area contributed by atoms with E-state index < -0.39 is 5.97 Å². The Morgan fingerprint density at radius 1 is 1.29 bits per heavy atom. The van der Waals surface area contributed by atoms with Crippen LogP contribution in [0.25, 0.3) is 0 Å². The first kappa shape index (κ1) is 18.1. The lowest BCUT2D eigenvalue weighted by Gasteiger charge is -2.17. The van der Waals surface area contributed by atoms with Gasteiger partial charge in [-0.15, -0.1) is 11.3 Å². The molecule has 0 fully saturated rings. The topological polar surface area (TPSA) is 82.5 Å². The van der Waals surface area contributed by atoms with Gasteiger partial charge in [-0.3, -0.25) is 14.5 Å². The van der Waals surface area contributed by atoms with Crippen LogP contribution in [0.2, 0.25) is 0 Å². The van der Waals surface area contributed by atoms with Crippen LogP contribution in [-0.2, 0) is 22.6 Å². The molecule has 2 aromatic rings. The van der Waals surface area contributed by atoms with Crippen LogP contribution in [0.1, 0.15) is 24.0 Å². The molecule has 2 N–H and O–H groups in total. The third-order valence-corrected chi connectivity index (χ3v) is 4.15. The van der Waals surface area contributed by atoms with Gasteiger partial charge in [-0.25, -0.2) is 4.98 Å². The summed E-state index contributed by atoms with van der Waals surface area (Å²) >= 11 is 1.42. The summed E-state index contributed by atoms with van der Waals surface area (Å²) in [5.74, 6) is -0.959.